The summed E-state index contributed by atoms with van der Waals surface area (Å²) >= 11 is 0. The molecule has 96 valence electrons. The van der Waals surface area contributed by atoms with Gasteiger partial charge in [-0.15, -0.1) is 0 Å². The number of rotatable bonds is 2. The molecule has 1 atom stereocenters. The average molecular weight is 245 g/mol. The van der Waals surface area contributed by atoms with Crippen molar-refractivity contribution in [2.75, 3.05) is 13.1 Å². The third-order valence-electron chi connectivity index (χ3n) is 3.58. The predicted octanol–water partition coefficient (Wildman–Crippen LogP) is 1.59. The minimum atomic E-state index is 0.518. The molecule has 0 amide bonds. The fraction of sp³-hybridized carbons (Fsp3) is 0.538. The van der Waals surface area contributed by atoms with Crippen molar-refractivity contribution in [3.05, 3.63) is 23.9 Å². The van der Waals surface area contributed by atoms with Gasteiger partial charge in [-0.05, 0) is 26.3 Å². The molecule has 2 N–H and O–H groups in total. The Morgan fingerprint density at radius 3 is 3.00 bits per heavy atom. The molecule has 0 spiro atoms. The number of nitrogens with one attached hydrogen (secondary N) is 2. The van der Waals surface area contributed by atoms with Gasteiger partial charge in [-0.2, -0.15) is 5.10 Å². The van der Waals surface area contributed by atoms with E-state index in [0.29, 0.717) is 5.92 Å². The highest BCUT2D eigenvalue weighted by Crippen LogP contribution is 2.25. The Bertz CT molecular complexity index is 533. The van der Waals surface area contributed by atoms with E-state index in [2.05, 4.69) is 20.4 Å². The first-order valence-corrected chi connectivity index (χ1v) is 6.50. The van der Waals surface area contributed by atoms with Gasteiger partial charge in [0.15, 0.2) is 0 Å². The first-order valence-electron chi connectivity index (χ1n) is 6.50. The van der Waals surface area contributed by atoms with Gasteiger partial charge in [0.1, 0.15) is 5.82 Å². The number of hydrogen-bond acceptors (Lipinski definition) is 3. The lowest BCUT2D eigenvalue weighted by molar-refractivity contribution is 0.449. The minimum absolute atomic E-state index is 0.518. The third kappa shape index (κ3) is 2.06. The standard InChI is InChI=1S/C13H19N5/c1-9-11(8-18(2)17-9)12-7-15-13(16-12)10-4-3-5-14-6-10/h7-8,10,14H,3-6H2,1-2H3,(H,15,16). The zero-order chi connectivity index (χ0) is 12.5. The molecule has 2 aromatic rings. The highest BCUT2D eigenvalue weighted by atomic mass is 15.2. The maximum Gasteiger partial charge on any atom is 0.110 e. The molecule has 1 fully saturated rings. The van der Waals surface area contributed by atoms with Gasteiger partial charge in [0, 0.05) is 31.3 Å². The molecular weight excluding hydrogens is 226 g/mol. The van der Waals surface area contributed by atoms with E-state index in [1.807, 2.05) is 31.0 Å². The summed E-state index contributed by atoms with van der Waals surface area (Å²) in [5.41, 5.74) is 3.25. The maximum atomic E-state index is 4.53. The van der Waals surface area contributed by atoms with Crippen molar-refractivity contribution in [3.63, 3.8) is 0 Å². The van der Waals surface area contributed by atoms with Crippen LogP contribution in [0, 0.1) is 6.92 Å². The minimum Gasteiger partial charge on any atom is -0.342 e. The average Bonchev–Trinajstić information content (AvgIpc) is 2.97. The zero-order valence-corrected chi connectivity index (χ0v) is 10.9. The molecule has 1 aliphatic heterocycles. The van der Waals surface area contributed by atoms with Crippen molar-refractivity contribution in [1.29, 1.82) is 0 Å². The summed E-state index contributed by atoms with van der Waals surface area (Å²) in [5, 5.41) is 7.79. The molecule has 0 saturated carbocycles. The first-order chi connectivity index (χ1) is 8.74. The van der Waals surface area contributed by atoms with Crippen LogP contribution in [0.1, 0.15) is 30.3 Å². The normalized spacial score (nSPS) is 20.2. The largest absolute Gasteiger partial charge is 0.342 e. The van der Waals surface area contributed by atoms with E-state index in [9.17, 15) is 0 Å². The Balaban J connectivity index is 1.86. The van der Waals surface area contributed by atoms with Crippen LogP contribution in [0.5, 0.6) is 0 Å². The molecule has 1 saturated heterocycles. The monoisotopic (exact) mass is 245 g/mol. The van der Waals surface area contributed by atoms with Gasteiger partial charge in [0.2, 0.25) is 0 Å². The maximum absolute atomic E-state index is 4.53. The van der Waals surface area contributed by atoms with Crippen molar-refractivity contribution in [1.82, 2.24) is 25.1 Å². The summed E-state index contributed by atoms with van der Waals surface area (Å²) in [6.07, 6.45) is 6.40. The molecular formula is C13H19N5. The Hall–Kier alpha value is -1.62. The van der Waals surface area contributed by atoms with Gasteiger partial charge < -0.3 is 10.3 Å². The molecule has 0 radical (unpaired) electrons. The lowest BCUT2D eigenvalue weighted by Crippen LogP contribution is -2.28. The topological polar surface area (TPSA) is 58.5 Å². The summed E-state index contributed by atoms with van der Waals surface area (Å²) in [6, 6.07) is 0. The fourth-order valence-corrected chi connectivity index (χ4v) is 2.63. The van der Waals surface area contributed by atoms with Gasteiger partial charge in [-0.1, -0.05) is 0 Å². The molecule has 5 heteroatoms. The van der Waals surface area contributed by atoms with Gasteiger partial charge in [0.25, 0.3) is 0 Å². The Morgan fingerprint density at radius 2 is 2.33 bits per heavy atom. The summed E-state index contributed by atoms with van der Waals surface area (Å²) in [4.78, 5) is 7.98. The van der Waals surface area contributed by atoms with Gasteiger partial charge in [-0.3, -0.25) is 4.68 Å². The molecule has 0 aromatic carbocycles. The van der Waals surface area contributed by atoms with Gasteiger partial charge >= 0.3 is 0 Å². The second kappa shape index (κ2) is 4.57. The molecule has 1 unspecified atom stereocenters. The molecule has 5 nitrogen and oxygen atoms in total. The number of imidazole rings is 1. The smallest absolute Gasteiger partial charge is 0.110 e. The summed E-state index contributed by atoms with van der Waals surface area (Å²) in [5.74, 6) is 1.62. The summed E-state index contributed by atoms with van der Waals surface area (Å²) in [7, 11) is 1.94. The molecule has 1 aliphatic rings. The number of aryl methyl sites for hydroxylation is 2. The molecule has 0 aliphatic carbocycles. The summed E-state index contributed by atoms with van der Waals surface area (Å²) in [6.45, 7) is 4.18. The van der Waals surface area contributed by atoms with Crippen molar-refractivity contribution in [3.8, 4) is 11.3 Å². The van der Waals surface area contributed by atoms with Crippen molar-refractivity contribution in [2.45, 2.75) is 25.7 Å². The van der Waals surface area contributed by atoms with Crippen molar-refractivity contribution in [2.24, 2.45) is 7.05 Å². The Kier molecular flexibility index (Phi) is 2.91. The first kappa shape index (κ1) is 11.5. The van der Waals surface area contributed by atoms with E-state index in [1.165, 1.54) is 12.8 Å². The quantitative estimate of drug-likeness (QED) is 0.844. The number of hydrogen-bond donors (Lipinski definition) is 2. The van der Waals surface area contributed by atoms with Crippen LogP contribution >= 0.6 is 0 Å². The number of nitrogens with zero attached hydrogens (tertiary/aromatic N) is 3. The third-order valence-corrected chi connectivity index (χ3v) is 3.58. The number of H-pyrrole nitrogens is 1. The SMILES string of the molecule is Cc1nn(C)cc1-c1cnc(C2CCCNC2)[nH]1. The van der Waals surface area contributed by atoms with E-state index >= 15 is 0 Å². The van der Waals surface area contributed by atoms with E-state index in [1.54, 1.807) is 0 Å². The van der Waals surface area contributed by atoms with E-state index in [4.69, 9.17) is 0 Å². The fourth-order valence-electron chi connectivity index (χ4n) is 2.63. The second-order valence-corrected chi connectivity index (χ2v) is 5.03. The van der Waals surface area contributed by atoms with E-state index < -0.39 is 0 Å². The summed E-state index contributed by atoms with van der Waals surface area (Å²) < 4.78 is 1.84. The molecule has 2 aromatic heterocycles. The van der Waals surface area contributed by atoms with Crippen LogP contribution in [-0.2, 0) is 7.05 Å². The van der Waals surface area contributed by atoms with Crippen LogP contribution in [0.3, 0.4) is 0 Å². The van der Waals surface area contributed by atoms with Crippen LogP contribution in [0.4, 0.5) is 0 Å². The molecule has 3 heterocycles. The Labute approximate surface area is 107 Å². The molecule has 3 rings (SSSR count). The van der Waals surface area contributed by atoms with Crippen LogP contribution in [0.2, 0.25) is 0 Å². The zero-order valence-electron chi connectivity index (χ0n) is 10.9. The van der Waals surface area contributed by atoms with Gasteiger partial charge in [-0.25, -0.2) is 4.98 Å². The highest BCUT2D eigenvalue weighted by Gasteiger charge is 2.19. The highest BCUT2D eigenvalue weighted by molar-refractivity contribution is 5.60. The number of aromatic amines is 1. The Morgan fingerprint density at radius 1 is 1.44 bits per heavy atom. The van der Waals surface area contributed by atoms with Crippen LogP contribution in [-0.4, -0.2) is 32.8 Å². The van der Waals surface area contributed by atoms with Crippen molar-refractivity contribution >= 4 is 0 Å². The number of aromatic nitrogens is 4. The lowest BCUT2D eigenvalue weighted by Gasteiger charge is -2.20. The van der Waals surface area contributed by atoms with Crippen LogP contribution in [0.25, 0.3) is 11.3 Å². The van der Waals surface area contributed by atoms with Crippen LogP contribution < -0.4 is 5.32 Å². The molecule has 18 heavy (non-hydrogen) atoms. The predicted molar refractivity (Wildman–Crippen MR) is 70.4 cm³/mol. The van der Waals surface area contributed by atoms with Crippen LogP contribution in [0.15, 0.2) is 12.4 Å². The second-order valence-electron chi connectivity index (χ2n) is 5.03. The lowest BCUT2D eigenvalue weighted by atomic mass is 9.99. The van der Waals surface area contributed by atoms with Crippen molar-refractivity contribution < 1.29 is 0 Å². The molecule has 0 bridgehead atoms. The van der Waals surface area contributed by atoms with Gasteiger partial charge in [0.05, 0.1) is 17.6 Å². The number of piperidine rings is 1. The van der Waals surface area contributed by atoms with E-state index in [-0.39, 0.29) is 0 Å². The van der Waals surface area contributed by atoms with E-state index in [0.717, 1.165) is 35.9 Å².